The minimum atomic E-state index is -0.131. The normalized spacial score (nSPS) is 10.3. The SMILES string of the molecule is CCc1cccc(C)c1N(CC(=O)N(C)c1ccccc1)C(C)=O. The maximum absolute atomic E-state index is 12.7. The molecule has 2 rings (SSSR count). The number of carbonyl (C=O) groups is 2. The van der Waals surface area contributed by atoms with Gasteiger partial charge in [-0.25, -0.2) is 0 Å². The molecule has 0 spiro atoms. The number of rotatable bonds is 5. The first-order chi connectivity index (χ1) is 11.5. The van der Waals surface area contributed by atoms with Crippen LogP contribution in [0.1, 0.15) is 25.0 Å². The molecule has 24 heavy (non-hydrogen) atoms. The molecule has 0 bridgehead atoms. The molecule has 0 unspecified atom stereocenters. The third kappa shape index (κ3) is 3.82. The molecule has 0 aliphatic heterocycles. The number of hydrogen-bond donors (Lipinski definition) is 0. The third-order valence-electron chi connectivity index (χ3n) is 4.16. The van der Waals surface area contributed by atoms with E-state index in [0.717, 1.165) is 28.9 Å². The molecule has 0 radical (unpaired) electrons. The van der Waals surface area contributed by atoms with Gasteiger partial charge in [0, 0.05) is 19.7 Å². The van der Waals surface area contributed by atoms with Crippen molar-refractivity contribution in [2.45, 2.75) is 27.2 Å². The first-order valence-corrected chi connectivity index (χ1v) is 8.14. The molecular weight excluding hydrogens is 300 g/mol. The van der Waals surface area contributed by atoms with Crippen LogP contribution in [0, 0.1) is 6.92 Å². The van der Waals surface area contributed by atoms with Crippen molar-refractivity contribution in [3.05, 3.63) is 59.7 Å². The van der Waals surface area contributed by atoms with E-state index in [4.69, 9.17) is 0 Å². The molecule has 0 saturated carbocycles. The van der Waals surface area contributed by atoms with E-state index in [1.807, 2.05) is 55.5 Å². The van der Waals surface area contributed by atoms with Crippen LogP contribution in [0.15, 0.2) is 48.5 Å². The molecule has 126 valence electrons. The molecule has 0 aliphatic rings. The monoisotopic (exact) mass is 324 g/mol. The lowest BCUT2D eigenvalue weighted by Crippen LogP contribution is -2.41. The van der Waals surface area contributed by atoms with Gasteiger partial charge in [0.15, 0.2) is 0 Å². The summed E-state index contributed by atoms with van der Waals surface area (Å²) in [5, 5.41) is 0. The predicted molar refractivity (Wildman–Crippen MR) is 98.4 cm³/mol. The summed E-state index contributed by atoms with van der Waals surface area (Å²) in [4.78, 5) is 28.1. The van der Waals surface area contributed by atoms with Crippen LogP contribution in [0.3, 0.4) is 0 Å². The first-order valence-electron chi connectivity index (χ1n) is 8.14. The maximum atomic E-state index is 12.7. The van der Waals surface area contributed by atoms with Gasteiger partial charge in [0.2, 0.25) is 11.8 Å². The average molecular weight is 324 g/mol. The summed E-state index contributed by atoms with van der Waals surface area (Å²) < 4.78 is 0. The summed E-state index contributed by atoms with van der Waals surface area (Å²) in [6, 6.07) is 15.4. The summed E-state index contributed by atoms with van der Waals surface area (Å²) in [6.45, 7) is 5.55. The fourth-order valence-electron chi connectivity index (χ4n) is 2.78. The third-order valence-corrected chi connectivity index (χ3v) is 4.16. The fourth-order valence-corrected chi connectivity index (χ4v) is 2.78. The van der Waals surface area contributed by atoms with E-state index in [1.165, 1.54) is 6.92 Å². The van der Waals surface area contributed by atoms with Crippen LogP contribution in [-0.2, 0) is 16.0 Å². The Morgan fingerprint density at radius 3 is 2.25 bits per heavy atom. The molecule has 2 aromatic carbocycles. The van der Waals surface area contributed by atoms with Gasteiger partial charge >= 0.3 is 0 Å². The lowest BCUT2D eigenvalue weighted by atomic mass is 10.0. The van der Waals surface area contributed by atoms with Crippen molar-refractivity contribution in [3.63, 3.8) is 0 Å². The number of nitrogens with zero attached hydrogens (tertiary/aromatic N) is 2. The highest BCUT2D eigenvalue weighted by atomic mass is 16.2. The zero-order valence-electron chi connectivity index (χ0n) is 14.7. The van der Waals surface area contributed by atoms with Crippen LogP contribution in [0.4, 0.5) is 11.4 Å². The lowest BCUT2D eigenvalue weighted by molar-refractivity contribution is -0.121. The number of benzene rings is 2. The second-order valence-electron chi connectivity index (χ2n) is 5.83. The number of amides is 2. The Morgan fingerprint density at radius 1 is 1.00 bits per heavy atom. The van der Waals surface area contributed by atoms with Crippen molar-refractivity contribution in [2.75, 3.05) is 23.4 Å². The Kier molecular flexibility index (Phi) is 5.74. The molecule has 0 heterocycles. The molecule has 0 aliphatic carbocycles. The smallest absolute Gasteiger partial charge is 0.246 e. The molecule has 4 heteroatoms. The molecule has 2 aromatic rings. The number of anilines is 2. The van der Waals surface area contributed by atoms with E-state index in [-0.39, 0.29) is 18.4 Å². The largest absolute Gasteiger partial charge is 0.314 e. The molecule has 4 nitrogen and oxygen atoms in total. The Hall–Kier alpha value is -2.62. The van der Waals surface area contributed by atoms with Crippen LogP contribution in [0.2, 0.25) is 0 Å². The fraction of sp³-hybridized carbons (Fsp3) is 0.300. The average Bonchev–Trinajstić information content (AvgIpc) is 2.59. The number of para-hydroxylation sites is 2. The van der Waals surface area contributed by atoms with E-state index in [0.29, 0.717) is 0 Å². The van der Waals surface area contributed by atoms with Crippen LogP contribution in [-0.4, -0.2) is 25.4 Å². The minimum absolute atomic E-state index is 0.0264. The van der Waals surface area contributed by atoms with Gasteiger partial charge in [-0.2, -0.15) is 0 Å². The lowest BCUT2D eigenvalue weighted by Gasteiger charge is -2.27. The molecule has 0 fully saturated rings. The highest BCUT2D eigenvalue weighted by Crippen LogP contribution is 2.26. The predicted octanol–water partition coefficient (Wildman–Crippen LogP) is 3.57. The Balaban J connectivity index is 2.30. The second kappa shape index (κ2) is 7.77. The minimum Gasteiger partial charge on any atom is -0.314 e. The van der Waals surface area contributed by atoms with Gasteiger partial charge in [0.25, 0.3) is 0 Å². The van der Waals surface area contributed by atoms with E-state index < -0.39 is 0 Å². The summed E-state index contributed by atoms with van der Waals surface area (Å²) in [5.74, 6) is -0.254. The van der Waals surface area contributed by atoms with Crippen molar-refractivity contribution in [2.24, 2.45) is 0 Å². The van der Waals surface area contributed by atoms with E-state index in [2.05, 4.69) is 6.92 Å². The molecule has 0 atom stereocenters. The zero-order valence-corrected chi connectivity index (χ0v) is 14.7. The van der Waals surface area contributed by atoms with E-state index in [9.17, 15) is 9.59 Å². The van der Waals surface area contributed by atoms with Crippen molar-refractivity contribution in [1.82, 2.24) is 0 Å². The van der Waals surface area contributed by atoms with Crippen molar-refractivity contribution >= 4 is 23.2 Å². The highest BCUT2D eigenvalue weighted by Gasteiger charge is 2.22. The van der Waals surface area contributed by atoms with E-state index in [1.54, 1.807) is 16.8 Å². The van der Waals surface area contributed by atoms with Gasteiger partial charge in [0.05, 0.1) is 5.69 Å². The molecule has 2 amide bonds. The van der Waals surface area contributed by atoms with Gasteiger partial charge < -0.3 is 9.80 Å². The topological polar surface area (TPSA) is 40.6 Å². The molecule has 0 aromatic heterocycles. The highest BCUT2D eigenvalue weighted by molar-refractivity contribution is 6.03. The van der Waals surface area contributed by atoms with Gasteiger partial charge in [-0.05, 0) is 36.6 Å². The maximum Gasteiger partial charge on any atom is 0.246 e. The standard InChI is InChI=1S/C20H24N2O2/c1-5-17-11-9-10-15(2)20(17)22(16(3)23)14-19(24)21(4)18-12-7-6-8-13-18/h6-13H,5,14H2,1-4H3. The Bertz CT molecular complexity index is 726. The number of hydrogen-bond acceptors (Lipinski definition) is 2. The van der Waals surface area contributed by atoms with Crippen LogP contribution < -0.4 is 9.80 Å². The second-order valence-corrected chi connectivity index (χ2v) is 5.83. The van der Waals surface area contributed by atoms with Crippen molar-refractivity contribution in [3.8, 4) is 0 Å². The van der Waals surface area contributed by atoms with Crippen LogP contribution in [0.5, 0.6) is 0 Å². The quantitative estimate of drug-likeness (QED) is 0.843. The van der Waals surface area contributed by atoms with Gasteiger partial charge in [-0.1, -0.05) is 43.3 Å². The van der Waals surface area contributed by atoms with Crippen LogP contribution >= 0.6 is 0 Å². The number of likely N-dealkylation sites (N-methyl/N-ethyl adjacent to an activating group) is 1. The molecule has 0 saturated heterocycles. The molecular formula is C20H24N2O2. The zero-order chi connectivity index (χ0) is 17.7. The van der Waals surface area contributed by atoms with E-state index >= 15 is 0 Å². The summed E-state index contributed by atoms with van der Waals surface area (Å²) >= 11 is 0. The summed E-state index contributed by atoms with van der Waals surface area (Å²) in [5.41, 5.74) is 3.73. The van der Waals surface area contributed by atoms with Crippen molar-refractivity contribution in [1.29, 1.82) is 0 Å². The van der Waals surface area contributed by atoms with Gasteiger partial charge in [0.1, 0.15) is 6.54 Å². The van der Waals surface area contributed by atoms with Gasteiger partial charge in [-0.3, -0.25) is 9.59 Å². The first kappa shape index (κ1) is 17.7. The number of aryl methyl sites for hydroxylation is 2. The van der Waals surface area contributed by atoms with Crippen LogP contribution in [0.25, 0.3) is 0 Å². The summed E-state index contributed by atoms with van der Waals surface area (Å²) in [6.07, 6.45) is 0.809. The molecule has 0 N–H and O–H groups in total. The Morgan fingerprint density at radius 2 is 1.67 bits per heavy atom. The summed E-state index contributed by atoms with van der Waals surface area (Å²) in [7, 11) is 1.73. The van der Waals surface area contributed by atoms with Crippen molar-refractivity contribution < 1.29 is 9.59 Å². The van der Waals surface area contributed by atoms with Gasteiger partial charge in [-0.15, -0.1) is 0 Å². The number of carbonyl (C=O) groups excluding carboxylic acids is 2. The Labute approximate surface area is 143 Å².